The van der Waals surface area contributed by atoms with Crippen LogP contribution in [0.1, 0.15) is 42.4 Å². The van der Waals surface area contributed by atoms with Crippen LogP contribution in [0, 0.1) is 11.6 Å². The number of halogens is 3. The van der Waals surface area contributed by atoms with Crippen molar-refractivity contribution in [1.29, 1.82) is 0 Å². The molecule has 190 valence electrons. The van der Waals surface area contributed by atoms with Crippen LogP contribution in [0.3, 0.4) is 0 Å². The Kier molecular flexibility index (Phi) is 7.80. The second kappa shape index (κ2) is 10.5. The SMILES string of the molecule is Cl.O=S(=O)(c1ccc2c(c1)CCCC2)N1CCC2(CC1)NCCN=C2NCc1cc(F)cc(F)c1. The van der Waals surface area contributed by atoms with E-state index >= 15 is 0 Å². The number of rotatable bonds is 4. The van der Waals surface area contributed by atoms with Gasteiger partial charge in [-0.3, -0.25) is 4.99 Å². The van der Waals surface area contributed by atoms with Crippen molar-refractivity contribution in [2.45, 2.75) is 55.5 Å². The molecule has 0 radical (unpaired) electrons. The van der Waals surface area contributed by atoms with E-state index in [2.05, 4.69) is 15.6 Å². The molecule has 2 aromatic rings. The lowest BCUT2D eigenvalue weighted by atomic mass is 9.85. The third-order valence-corrected chi connectivity index (χ3v) is 9.11. The van der Waals surface area contributed by atoms with E-state index in [1.807, 2.05) is 12.1 Å². The number of hydrogen-bond acceptors (Lipinski definition) is 5. The largest absolute Gasteiger partial charge is 0.368 e. The highest BCUT2D eigenvalue weighted by Gasteiger charge is 2.43. The first-order valence-electron chi connectivity index (χ1n) is 12.0. The van der Waals surface area contributed by atoms with E-state index in [-0.39, 0.29) is 19.0 Å². The molecule has 0 amide bonds. The van der Waals surface area contributed by atoms with Crippen LogP contribution in [0.15, 0.2) is 46.3 Å². The highest BCUT2D eigenvalue weighted by atomic mass is 35.5. The Morgan fingerprint density at radius 1 is 1.00 bits per heavy atom. The molecule has 0 atom stereocenters. The minimum atomic E-state index is -3.57. The van der Waals surface area contributed by atoms with E-state index in [1.165, 1.54) is 17.7 Å². The van der Waals surface area contributed by atoms with Gasteiger partial charge in [-0.2, -0.15) is 4.31 Å². The number of hydrogen-bond donors (Lipinski definition) is 2. The molecule has 10 heteroatoms. The molecule has 2 aromatic carbocycles. The van der Waals surface area contributed by atoms with Crippen molar-refractivity contribution in [2.75, 3.05) is 26.2 Å². The molecule has 0 bridgehead atoms. The Balaban J connectivity index is 0.00000289. The smallest absolute Gasteiger partial charge is 0.243 e. The van der Waals surface area contributed by atoms with Gasteiger partial charge in [0.25, 0.3) is 0 Å². The van der Waals surface area contributed by atoms with E-state index in [0.29, 0.717) is 49.5 Å². The van der Waals surface area contributed by atoms with Gasteiger partial charge < -0.3 is 10.6 Å². The summed E-state index contributed by atoms with van der Waals surface area (Å²) in [6.07, 6.45) is 5.36. The Labute approximate surface area is 211 Å². The molecule has 2 aliphatic heterocycles. The predicted octanol–water partition coefficient (Wildman–Crippen LogP) is 3.58. The van der Waals surface area contributed by atoms with Crippen molar-refractivity contribution in [3.8, 4) is 0 Å². The minimum absolute atomic E-state index is 0. The Morgan fingerprint density at radius 2 is 1.69 bits per heavy atom. The first-order chi connectivity index (χ1) is 16.4. The Bertz CT molecular complexity index is 1190. The topological polar surface area (TPSA) is 73.8 Å². The molecule has 1 saturated heterocycles. The van der Waals surface area contributed by atoms with Gasteiger partial charge in [-0.1, -0.05) is 6.07 Å². The van der Waals surface area contributed by atoms with Crippen LogP contribution in [0.4, 0.5) is 8.78 Å². The van der Waals surface area contributed by atoms with Crippen molar-refractivity contribution in [3.05, 3.63) is 64.7 Å². The third kappa shape index (κ3) is 5.38. The number of benzene rings is 2. The van der Waals surface area contributed by atoms with Crippen molar-refractivity contribution < 1.29 is 17.2 Å². The summed E-state index contributed by atoms with van der Waals surface area (Å²) in [4.78, 5) is 5.02. The van der Waals surface area contributed by atoms with E-state index in [4.69, 9.17) is 0 Å². The highest BCUT2D eigenvalue weighted by Crippen LogP contribution is 2.31. The van der Waals surface area contributed by atoms with Gasteiger partial charge in [-0.05, 0) is 79.5 Å². The molecule has 0 saturated carbocycles. The number of piperidine rings is 1. The van der Waals surface area contributed by atoms with Gasteiger partial charge in [0.05, 0.1) is 17.0 Å². The number of fused-ring (bicyclic) bond motifs is 1. The summed E-state index contributed by atoms with van der Waals surface area (Å²) in [5.41, 5.74) is 2.45. The maximum Gasteiger partial charge on any atom is 0.243 e. The Morgan fingerprint density at radius 3 is 2.40 bits per heavy atom. The quantitative estimate of drug-likeness (QED) is 0.641. The van der Waals surface area contributed by atoms with E-state index in [0.717, 1.165) is 43.1 Å². The zero-order chi connectivity index (χ0) is 23.8. The second-order valence-corrected chi connectivity index (χ2v) is 11.4. The van der Waals surface area contributed by atoms with Crippen LogP contribution in [0.25, 0.3) is 0 Å². The fourth-order valence-electron chi connectivity index (χ4n) is 5.36. The summed E-state index contributed by atoms with van der Waals surface area (Å²) in [6.45, 7) is 2.30. The molecule has 5 rings (SSSR count). The minimum Gasteiger partial charge on any atom is -0.368 e. The average molecular weight is 525 g/mol. The molecule has 35 heavy (non-hydrogen) atoms. The molecular formula is C25H31ClF2N4O2S. The molecule has 1 fully saturated rings. The zero-order valence-corrected chi connectivity index (χ0v) is 21.2. The molecule has 2 N–H and O–H groups in total. The lowest BCUT2D eigenvalue weighted by Crippen LogP contribution is -2.64. The number of aliphatic imine (C=N–C) groups is 1. The molecule has 0 unspecified atom stereocenters. The monoisotopic (exact) mass is 524 g/mol. The highest BCUT2D eigenvalue weighted by molar-refractivity contribution is 7.89. The first kappa shape index (κ1) is 26.0. The first-order valence-corrected chi connectivity index (χ1v) is 13.4. The number of sulfonamides is 1. The van der Waals surface area contributed by atoms with E-state index in [1.54, 1.807) is 10.4 Å². The molecule has 1 aliphatic carbocycles. The molecular weight excluding hydrogens is 494 g/mol. The maximum absolute atomic E-state index is 13.6. The van der Waals surface area contributed by atoms with Gasteiger partial charge in [0.1, 0.15) is 17.5 Å². The summed E-state index contributed by atoms with van der Waals surface area (Å²) in [5.74, 6) is -0.499. The second-order valence-electron chi connectivity index (χ2n) is 9.41. The van der Waals surface area contributed by atoms with Gasteiger partial charge in [0.2, 0.25) is 10.0 Å². The molecule has 1 spiro atoms. The van der Waals surface area contributed by atoms with Crippen molar-refractivity contribution >= 4 is 28.3 Å². The van der Waals surface area contributed by atoms with Gasteiger partial charge in [0, 0.05) is 32.2 Å². The molecule has 3 aliphatic rings. The fourth-order valence-corrected chi connectivity index (χ4v) is 6.86. The van der Waals surface area contributed by atoms with Crippen molar-refractivity contribution in [1.82, 2.24) is 14.9 Å². The van der Waals surface area contributed by atoms with Gasteiger partial charge >= 0.3 is 0 Å². The average Bonchev–Trinajstić information content (AvgIpc) is 2.83. The molecule has 0 aromatic heterocycles. The predicted molar refractivity (Wildman–Crippen MR) is 135 cm³/mol. The van der Waals surface area contributed by atoms with Crippen LogP contribution in [-0.4, -0.2) is 50.3 Å². The van der Waals surface area contributed by atoms with Gasteiger partial charge in [-0.15, -0.1) is 12.4 Å². The lowest BCUT2D eigenvalue weighted by Gasteiger charge is -2.44. The van der Waals surface area contributed by atoms with Crippen LogP contribution in [0.2, 0.25) is 0 Å². The van der Waals surface area contributed by atoms with Crippen molar-refractivity contribution in [2.24, 2.45) is 4.99 Å². The fraction of sp³-hybridized carbons (Fsp3) is 0.480. The van der Waals surface area contributed by atoms with Crippen LogP contribution >= 0.6 is 12.4 Å². The lowest BCUT2D eigenvalue weighted by molar-refractivity contribution is 0.241. The molecule has 6 nitrogen and oxygen atoms in total. The van der Waals surface area contributed by atoms with Gasteiger partial charge in [0.15, 0.2) is 0 Å². The van der Waals surface area contributed by atoms with Crippen LogP contribution in [0.5, 0.6) is 0 Å². The number of amidine groups is 1. The summed E-state index contributed by atoms with van der Waals surface area (Å²) in [5, 5.41) is 6.79. The number of nitrogens with one attached hydrogen (secondary N) is 2. The van der Waals surface area contributed by atoms with E-state index in [9.17, 15) is 17.2 Å². The maximum atomic E-state index is 13.6. The van der Waals surface area contributed by atoms with Gasteiger partial charge in [-0.25, -0.2) is 17.2 Å². The summed E-state index contributed by atoms with van der Waals surface area (Å²) in [7, 11) is -3.57. The van der Waals surface area contributed by atoms with Crippen LogP contribution in [-0.2, 0) is 29.4 Å². The van der Waals surface area contributed by atoms with Crippen LogP contribution < -0.4 is 10.6 Å². The summed E-state index contributed by atoms with van der Waals surface area (Å²) < 4.78 is 55.5. The standard InChI is InChI=1S/C25H30F2N4O2S.ClH/c26-21-13-18(14-22(27)16-21)17-29-24-25(30-10-9-28-24)7-11-31(12-8-25)34(32,33)23-6-5-19-3-1-2-4-20(19)15-23;/h5-6,13-16,30H,1-4,7-12,17H2,(H,28,29);1H. The van der Waals surface area contributed by atoms with Crippen molar-refractivity contribution in [3.63, 3.8) is 0 Å². The van der Waals surface area contributed by atoms with E-state index < -0.39 is 27.2 Å². The zero-order valence-electron chi connectivity index (χ0n) is 19.5. The Hall–Kier alpha value is -2.07. The normalized spacial score (nSPS) is 20.0. The number of aryl methyl sites for hydroxylation is 2. The number of nitrogens with zero attached hydrogens (tertiary/aromatic N) is 2. The summed E-state index contributed by atoms with van der Waals surface area (Å²) >= 11 is 0. The summed E-state index contributed by atoms with van der Waals surface area (Å²) in [6, 6.07) is 9.03. The third-order valence-electron chi connectivity index (χ3n) is 7.21. The molecule has 2 heterocycles.